The van der Waals surface area contributed by atoms with Crippen molar-refractivity contribution in [2.24, 2.45) is 0 Å². The molecule has 0 atom stereocenters. The van der Waals surface area contributed by atoms with Crippen molar-refractivity contribution in [3.8, 4) is 33.9 Å². The summed E-state index contributed by atoms with van der Waals surface area (Å²) in [6.07, 6.45) is 3.75. The van der Waals surface area contributed by atoms with Crippen molar-refractivity contribution in [1.29, 1.82) is 0 Å². The molecule has 0 N–H and O–H groups in total. The Bertz CT molecular complexity index is 1290. The average molecular weight is 452 g/mol. The molecule has 3 nitrogen and oxygen atoms in total. The fraction of sp³-hybridized carbons (Fsp3) is 0.115. The van der Waals surface area contributed by atoms with E-state index in [1.165, 1.54) is 37.3 Å². The van der Waals surface area contributed by atoms with Crippen molar-refractivity contribution >= 4 is 23.5 Å². The Labute approximate surface area is 189 Å². The van der Waals surface area contributed by atoms with Crippen LogP contribution in [0.25, 0.3) is 34.6 Å². The van der Waals surface area contributed by atoms with Gasteiger partial charge in [-0.2, -0.15) is 0 Å². The van der Waals surface area contributed by atoms with Crippen LogP contribution >= 0.6 is 11.3 Å². The molecule has 0 aliphatic rings. The predicted octanol–water partition coefficient (Wildman–Crippen LogP) is 7.73. The van der Waals surface area contributed by atoms with Gasteiger partial charge in [-0.15, -0.1) is 11.3 Å². The Hall–Kier alpha value is -3.51. The highest BCUT2D eigenvalue weighted by Crippen LogP contribution is 2.33. The largest absolute Gasteiger partial charge is 0.497 e. The molecule has 0 aliphatic heterocycles. The van der Waals surface area contributed by atoms with E-state index in [-0.39, 0.29) is 5.75 Å². The van der Waals surface area contributed by atoms with Crippen molar-refractivity contribution in [2.45, 2.75) is 6.92 Å². The van der Waals surface area contributed by atoms with Gasteiger partial charge in [0.2, 0.25) is 0 Å². The standard InChI is InChI=1S/C26H21F2O3S/c1-16-4-8-21(32-16)9-6-20-12-18(22-10-7-19(29-2)15-23(22)27)14-26(31-20)17-5-11-25(30-3)24(28)13-17/h4-15H,1-3H3/q+1. The highest BCUT2D eigenvalue weighted by atomic mass is 32.1. The number of halogens is 2. The van der Waals surface area contributed by atoms with Gasteiger partial charge in [-0.3, -0.25) is 0 Å². The van der Waals surface area contributed by atoms with Crippen LogP contribution in [-0.2, 0) is 0 Å². The summed E-state index contributed by atoms with van der Waals surface area (Å²) in [7, 11) is 2.89. The average Bonchev–Trinajstić information content (AvgIpc) is 3.22. The van der Waals surface area contributed by atoms with Gasteiger partial charge in [0.05, 0.1) is 31.9 Å². The van der Waals surface area contributed by atoms with Gasteiger partial charge in [0.15, 0.2) is 11.6 Å². The molecule has 0 radical (unpaired) electrons. The molecule has 0 aliphatic carbocycles. The molecule has 6 heteroatoms. The number of thiophene rings is 1. The predicted molar refractivity (Wildman–Crippen MR) is 125 cm³/mol. The first kappa shape index (κ1) is 21.7. The van der Waals surface area contributed by atoms with E-state index in [0.717, 1.165) is 4.88 Å². The second-order valence-electron chi connectivity index (χ2n) is 7.09. The Morgan fingerprint density at radius 1 is 0.812 bits per heavy atom. The molecule has 0 amide bonds. The van der Waals surface area contributed by atoms with Crippen LogP contribution in [0.3, 0.4) is 0 Å². The third-order valence-electron chi connectivity index (χ3n) is 4.91. The normalized spacial score (nSPS) is 11.2. The summed E-state index contributed by atoms with van der Waals surface area (Å²) < 4.78 is 45.3. The van der Waals surface area contributed by atoms with Crippen molar-refractivity contribution in [3.63, 3.8) is 0 Å². The third kappa shape index (κ3) is 4.70. The number of methoxy groups -OCH3 is 2. The molecule has 32 heavy (non-hydrogen) atoms. The molecule has 2 aromatic carbocycles. The van der Waals surface area contributed by atoms with Crippen molar-refractivity contribution in [3.05, 3.63) is 87.8 Å². The van der Waals surface area contributed by atoms with E-state index < -0.39 is 11.6 Å². The van der Waals surface area contributed by atoms with E-state index in [1.807, 2.05) is 31.2 Å². The smallest absolute Gasteiger partial charge is 0.361 e. The molecular formula is C26H21F2O3S+. The molecule has 4 rings (SSSR count). The summed E-state index contributed by atoms with van der Waals surface area (Å²) in [4.78, 5) is 2.26. The van der Waals surface area contributed by atoms with Crippen LogP contribution < -0.4 is 9.47 Å². The lowest BCUT2D eigenvalue weighted by Crippen LogP contribution is -1.91. The first-order valence-electron chi connectivity index (χ1n) is 9.87. The molecule has 2 heterocycles. The van der Waals surface area contributed by atoms with E-state index in [2.05, 4.69) is 0 Å². The zero-order chi connectivity index (χ0) is 22.7. The van der Waals surface area contributed by atoms with Gasteiger partial charge in [-0.1, -0.05) is 0 Å². The molecule has 0 saturated heterocycles. The summed E-state index contributed by atoms with van der Waals surface area (Å²) in [5, 5.41) is 0. The van der Waals surface area contributed by atoms with E-state index >= 15 is 0 Å². The Balaban J connectivity index is 1.83. The number of ether oxygens (including phenoxy) is 2. The zero-order valence-electron chi connectivity index (χ0n) is 17.8. The maximum Gasteiger partial charge on any atom is 0.361 e. The lowest BCUT2D eigenvalue weighted by Gasteiger charge is -2.06. The van der Waals surface area contributed by atoms with Crippen LogP contribution in [0.1, 0.15) is 15.5 Å². The molecule has 0 bridgehead atoms. The summed E-state index contributed by atoms with van der Waals surface area (Å²) in [6.45, 7) is 2.04. The van der Waals surface area contributed by atoms with Crippen molar-refractivity contribution in [1.82, 2.24) is 0 Å². The second-order valence-corrected chi connectivity index (χ2v) is 8.41. The Morgan fingerprint density at radius 2 is 1.66 bits per heavy atom. The number of benzene rings is 2. The van der Waals surface area contributed by atoms with Gasteiger partial charge < -0.3 is 9.47 Å². The van der Waals surface area contributed by atoms with Crippen LogP contribution in [0, 0.1) is 18.6 Å². The summed E-state index contributed by atoms with van der Waals surface area (Å²) in [6, 6.07) is 16.7. The third-order valence-corrected chi connectivity index (χ3v) is 5.87. The fourth-order valence-electron chi connectivity index (χ4n) is 3.29. The Morgan fingerprint density at radius 3 is 2.31 bits per heavy atom. The van der Waals surface area contributed by atoms with Gasteiger partial charge in [0.25, 0.3) is 0 Å². The van der Waals surface area contributed by atoms with Crippen LogP contribution in [0.5, 0.6) is 11.5 Å². The highest BCUT2D eigenvalue weighted by Gasteiger charge is 2.21. The fourth-order valence-corrected chi connectivity index (χ4v) is 4.07. The number of rotatable bonds is 6. The maximum atomic E-state index is 14.8. The van der Waals surface area contributed by atoms with Crippen LogP contribution in [0.2, 0.25) is 0 Å². The minimum absolute atomic E-state index is 0.138. The molecule has 2 aromatic heterocycles. The molecular weight excluding hydrogens is 430 g/mol. The van der Waals surface area contributed by atoms with E-state index in [4.69, 9.17) is 13.9 Å². The molecule has 0 spiro atoms. The van der Waals surface area contributed by atoms with Gasteiger partial charge >= 0.3 is 11.5 Å². The zero-order valence-corrected chi connectivity index (χ0v) is 18.6. The van der Waals surface area contributed by atoms with E-state index in [0.29, 0.717) is 34.0 Å². The van der Waals surface area contributed by atoms with Gasteiger partial charge in [0.1, 0.15) is 11.6 Å². The lowest BCUT2D eigenvalue weighted by molar-refractivity contribution is 0.386. The second kappa shape index (κ2) is 9.32. The summed E-state index contributed by atoms with van der Waals surface area (Å²) >= 11 is 1.65. The minimum atomic E-state index is -0.507. The van der Waals surface area contributed by atoms with E-state index in [1.54, 1.807) is 41.7 Å². The van der Waals surface area contributed by atoms with Gasteiger partial charge in [-0.05, 0) is 55.5 Å². The topological polar surface area (TPSA) is 29.8 Å². The Kier molecular flexibility index (Phi) is 6.32. The SMILES string of the molecule is COc1ccc(-c2cc(C=Cc3ccc(C)s3)[o+]c(-c3ccc(OC)c(F)c3)c2)c(F)c1. The maximum absolute atomic E-state index is 14.8. The summed E-state index contributed by atoms with van der Waals surface area (Å²) in [5.74, 6) is 0.548. The number of hydrogen-bond donors (Lipinski definition) is 0. The summed E-state index contributed by atoms with van der Waals surface area (Å²) in [5.41, 5.74) is 1.50. The molecule has 0 saturated carbocycles. The van der Waals surface area contributed by atoms with Crippen molar-refractivity contribution < 1.29 is 22.7 Å². The van der Waals surface area contributed by atoms with Crippen LogP contribution in [-0.4, -0.2) is 14.2 Å². The molecule has 0 unspecified atom stereocenters. The molecule has 162 valence electrons. The van der Waals surface area contributed by atoms with Gasteiger partial charge in [0, 0.05) is 33.0 Å². The molecule has 0 fully saturated rings. The van der Waals surface area contributed by atoms with Crippen LogP contribution in [0.4, 0.5) is 8.78 Å². The van der Waals surface area contributed by atoms with Crippen molar-refractivity contribution in [2.75, 3.05) is 14.2 Å². The molecule has 4 aromatic rings. The quantitative estimate of drug-likeness (QED) is 0.281. The number of hydrogen-bond acceptors (Lipinski definition) is 3. The number of aryl methyl sites for hydroxylation is 1. The van der Waals surface area contributed by atoms with Gasteiger partial charge in [-0.25, -0.2) is 13.2 Å². The van der Waals surface area contributed by atoms with E-state index in [9.17, 15) is 8.78 Å². The lowest BCUT2D eigenvalue weighted by atomic mass is 10.0. The monoisotopic (exact) mass is 451 g/mol. The first-order chi connectivity index (χ1) is 15.5. The highest BCUT2D eigenvalue weighted by molar-refractivity contribution is 7.12. The van der Waals surface area contributed by atoms with Crippen LogP contribution in [0.15, 0.2) is 65.1 Å². The first-order valence-corrected chi connectivity index (χ1v) is 10.7. The minimum Gasteiger partial charge on any atom is -0.497 e.